The zero-order chi connectivity index (χ0) is 13.2. The maximum Gasteiger partial charge on any atom is 0.242 e. The summed E-state index contributed by atoms with van der Waals surface area (Å²) >= 11 is 3.01. The van der Waals surface area contributed by atoms with Crippen molar-refractivity contribution in [3.63, 3.8) is 0 Å². The molecular formula is C9H8BrFN4O2S. The average molecular weight is 335 g/mol. The van der Waals surface area contributed by atoms with E-state index in [0.29, 0.717) is 5.82 Å². The molecule has 0 aliphatic carbocycles. The molecule has 2 rings (SSSR count). The van der Waals surface area contributed by atoms with E-state index in [-0.39, 0.29) is 15.9 Å². The lowest BCUT2D eigenvalue weighted by Gasteiger charge is -2.07. The van der Waals surface area contributed by atoms with Crippen LogP contribution in [0.3, 0.4) is 0 Å². The third kappa shape index (κ3) is 2.92. The lowest BCUT2D eigenvalue weighted by molar-refractivity contribution is 0.577. The average Bonchev–Trinajstić information content (AvgIpc) is 2.78. The lowest BCUT2D eigenvalue weighted by Crippen LogP contribution is -2.24. The normalized spacial score (nSPS) is 11.7. The molecule has 96 valence electrons. The standard InChI is InChI=1S/C9H8BrFN4O2S/c10-7-3-6(11)1-2-8(7)18(16,17)14-4-9-12-5-13-15-9/h1-3,5,14H,4H2,(H,12,13,15). The van der Waals surface area contributed by atoms with E-state index < -0.39 is 15.8 Å². The molecule has 0 bridgehead atoms. The summed E-state index contributed by atoms with van der Waals surface area (Å²) in [4.78, 5) is 3.75. The first-order valence-corrected chi connectivity index (χ1v) is 7.05. The van der Waals surface area contributed by atoms with Gasteiger partial charge in [-0.2, -0.15) is 5.10 Å². The molecule has 2 N–H and O–H groups in total. The van der Waals surface area contributed by atoms with Crippen molar-refractivity contribution >= 4 is 26.0 Å². The van der Waals surface area contributed by atoms with Gasteiger partial charge in [-0.1, -0.05) is 0 Å². The maximum atomic E-state index is 12.9. The van der Waals surface area contributed by atoms with E-state index in [1.165, 1.54) is 12.4 Å². The van der Waals surface area contributed by atoms with Crippen molar-refractivity contribution in [3.8, 4) is 0 Å². The molecule has 1 aromatic carbocycles. The van der Waals surface area contributed by atoms with Gasteiger partial charge >= 0.3 is 0 Å². The molecule has 1 aromatic heterocycles. The van der Waals surface area contributed by atoms with Gasteiger partial charge in [0.15, 0.2) is 0 Å². The number of nitrogens with one attached hydrogen (secondary N) is 2. The van der Waals surface area contributed by atoms with E-state index in [4.69, 9.17) is 0 Å². The SMILES string of the molecule is O=S(=O)(NCc1ncn[nH]1)c1ccc(F)cc1Br. The summed E-state index contributed by atoms with van der Waals surface area (Å²) < 4.78 is 39.2. The van der Waals surface area contributed by atoms with Crippen LogP contribution >= 0.6 is 15.9 Å². The Bertz CT molecular complexity index is 645. The summed E-state index contributed by atoms with van der Waals surface area (Å²) in [5, 5.41) is 6.12. The van der Waals surface area contributed by atoms with Gasteiger partial charge in [-0.3, -0.25) is 5.10 Å². The van der Waals surface area contributed by atoms with Gasteiger partial charge in [0.25, 0.3) is 0 Å². The fourth-order valence-corrected chi connectivity index (χ4v) is 3.29. The molecule has 1 heterocycles. The van der Waals surface area contributed by atoms with Crippen molar-refractivity contribution in [1.82, 2.24) is 19.9 Å². The van der Waals surface area contributed by atoms with Gasteiger partial charge in [-0.15, -0.1) is 0 Å². The van der Waals surface area contributed by atoms with Crippen molar-refractivity contribution in [2.45, 2.75) is 11.4 Å². The Labute approximate surface area is 111 Å². The molecule has 6 nitrogen and oxygen atoms in total. The second kappa shape index (κ2) is 5.12. The fraction of sp³-hybridized carbons (Fsp3) is 0.111. The van der Waals surface area contributed by atoms with Gasteiger partial charge in [0, 0.05) is 4.47 Å². The number of rotatable bonds is 4. The highest BCUT2D eigenvalue weighted by Crippen LogP contribution is 2.22. The first-order valence-electron chi connectivity index (χ1n) is 4.78. The second-order valence-corrected chi connectivity index (χ2v) is 5.92. The van der Waals surface area contributed by atoms with Crippen LogP contribution in [0.1, 0.15) is 5.82 Å². The highest BCUT2D eigenvalue weighted by Gasteiger charge is 2.18. The zero-order valence-electron chi connectivity index (χ0n) is 8.89. The predicted octanol–water partition coefficient (Wildman–Crippen LogP) is 1.18. The van der Waals surface area contributed by atoms with Crippen LogP contribution < -0.4 is 4.72 Å². The third-order valence-electron chi connectivity index (χ3n) is 2.08. The molecule has 9 heteroatoms. The molecule has 2 aromatic rings. The molecule has 0 saturated heterocycles. The molecule has 0 atom stereocenters. The van der Waals surface area contributed by atoms with Crippen molar-refractivity contribution < 1.29 is 12.8 Å². The number of aromatic amines is 1. The minimum Gasteiger partial charge on any atom is -0.262 e. The molecule has 0 radical (unpaired) electrons. The van der Waals surface area contributed by atoms with Crippen molar-refractivity contribution in [3.05, 3.63) is 40.6 Å². The topological polar surface area (TPSA) is 87.7 Å². The molecule has 0 unspecified atom stereocenters. The molecule has 0 spiro atoms. The zero-order valence-corrected chi connectivity index (χ0v) is 11.3. The number of benzene rings is 1. The molecular weight excluding hydrogens is 327 g/mol. The van der Waals surface area contributed by atoms with Crippen LogP contribution in [0.25, 0.3) is 0 Å². The van der Waals surface area contributed by atoms with Crippen LogP contribution in [0.4, 0.5) is 4.39 Å². The van der Waals surface area contributed by atoms with Crippen LogP contribution in [0.2, 0.25) is 0 Å². The van der Waals surface area contributed by atoms with Crippen molar-refractivity contribution in [2.24, 2.45) is 0 Å². The first kappa shape index (κ1) is 13.1. The lowest BCUT2D eigenvalue weighted by atomic mass is 10.3. The monoisotopic (exact) mass is 334 g/mol. The van der Waals surface area contributed by atoms with E-state index >= 15 is 0 Å². The van der Waals surface area contributed by atoms with Crippen LogP contribution in [0.15, 0.2) is 33.9 Å². The Morgan fingerprint density at radius 2 is 2.22 bits per heavy atom. The summed E-state index contributed by atoms with van der Waals surface area (Å²) in [7, 11) is -3.74. The Morgan fingerprint density at radius 3 is 2.83 bits per heavy atom. The number of hydrogen-bond acceptors (Lipinski definition) is 4. The Kier molecular flexibility index (Phi) is 3.73. The summed E-state index contributed by atoms with van der Waals surface area (Å²) in [6.45, 7) is -0.0217. The van der Waals surface area contributed by atoms with Crippen LogP contribution in [0.5, 0.6) is 0 Å². The van der Waals surface area contributed by atoms with Gasteiger partial charge < -0.3 is 0 Å². The van der Waals surface area contributed by atoms with Gasteiger partial charge in [0.1, 0.15) is 18.0 Å². The number of sulfonamides is 1. The van der Waals surface area contributed by atoms with Gasteiger partial charge in [0.2, 0.25) is 10.0 Å². The van der Waals surface area contributed by atoms with Crippen LogP contribution in [-0.2, 0) is 16.6 Å². The van der Waals surface area contributed by atoms with Crippen LogP contribution in [0, 0.1) is 5.82 Å². The van der Waals surface area contributed by atoms with E-state index in [0.717, 1.165) is 12.1 Å². The number of aromatic nitrogens is 3. The predicted molar refractivity (Wildman–Crippen MR) is 64.5 cm³/mol. The minimum absolute atomic E-state index is 0.0217. The van der Waals surface area contributed by atoms with E-state index in [1.54, 1.807) is 0 Å². The van der Waals surface area contributed by atoms with E-state index in [1.807, 2.05) is 0 Å². The minimum atomic E-state index is -3.74. The van der Waals surface area contributed by atoms with Crippen molar-refractivity contribution in [2.75, 3.05) is 0 Å². The van der Waals surface area contributed by atoms with E-state index in [9.17, 15) is 12.8 Å². The molecule has 0 aliphatic rings. The fourth-order valence-electron chi connectivity index (χ4n) is 1.25. The quantitative estimate of drug-likeness (QED) is 0.878. The Hall–Kier alpha value is -1.32. The smallest absolute Gasteiger partial charge is 0.242 e. The van der Waals surface area contributed by atoms with Gasteiger partial charge in [-0.05, 0) is 34.1 Å². The van der Waals surface area contributed by atoms with Gasteiger partial charge in [0.05, 0.1) is 11.4 Å². The van der Waals surface area contributed by atoms with Gasteiger partial charge in [-0.25, -0.2) is 22.5 Å². The van der Waals surface area contributed by atoms with Crippen LogP contribution in [-0.4, -0.2) is 23.6 Å². The highest BCUT2D eigenvalue weighted by molar-refractivity contribution is 9.10. The number of halogens is 2. The highest BCUT2D eigenvalue weighted by atomic mass is 79.9. The second-order valence-electron chi connectivity index (χ2n) is 3.33. The number of H-pyrrole nitrogens is 1. The number of nitrogens with zero attached hydrogens (tertiary/aromatic N) is 2. The van der Waals surface area contributed by atoms with Crippen molar-refractivity contribution in [1.29, 1.82) is 0 Å². The summed E-state index contributed by atoms with van der Waals surface area (Å²) in [6.07, 6.45) is 1.28. The third-order valence-corrected chi connectivity index (χ3v) is 4.46. The maximum absolute atomic E-state index is 12.9. The first-order chi connectivity index (χ1) is 8.49. The summed E-state index contributed by atoms with van der Waals surface area (Å²) in [5.41, 5.74) is 0. The summed E-state index contributed by atoms with van der Waals surface area (Å²) in [5.74, 6) is -0.132. The molecule has 0 fully saturated rings. The largest absolute Gasteiger partial charge is 0.262 e. The molecule has 0 amide bonds. The number of hydrogen-bond donors (Lipinski definition) is 2. The molecule has 0 aliphatic heterocycles. The Morgan fingerprint density at radius 1 is 1.44 bits per heavy atom. The summed E-state index contributed by atoms with van der Waals surface area (Å²) in [6, 6.07) is 3.35. The molecule has 0 saturated carbocycles. The molecule has 18 heavy (non-hydrogen) atoms. The Balaban J connectivity index is 2.20. The van der Waals surface area contributed by atoms with E-state index in [2.05, 4.69) is 35.8 Å².